The fourth-order valence-electron chi connectivity index (χ4n) is 1.30. The number of nitrogens with one attached hydrogen (secondary N) is 1. The third-order valence-electron chi connectivity index (χ3n) is 2.36. The van der Waals surface area contributed by atoms with Crippen LogP contribution in [0.3, 0.4) is 0 Å². The van der Waals surface area contributed by atoms with E-state index in [1.807, 2.05) is 0 Å². The van der Waals surface area contributed by atoms with Crippen molar-refractivity contribution in [1.82, 2.24) is 0 Å². The number of amides is 1. The molecule has 3 N–H and O–H groups in total. The molecule has 0 unspecified atom stereocenters. The highest BCUT2D eigenvalue weighted by molar-refractivity contribution is 5.94. The number of carbonyl (C=O) groups is 1. The first-order chi connectivity index (χ1) is 8.69. The first-order valence-electron chi connectivity index (χ1n) is 5.61. The van der Waals surface area contributed by atoms with Gasteiger partial charge >= 0.3 is 6.36 Å². The van der Waals surface area contributed by atoms with E-state index in [1.165, 1.54) is 12.1 Å². The van der Waals surface area contributed by atoms with Gasteiger partial charge in [-0.05, 0) is 18.1 Å². The van der Waals surface area contributed by atoms with E-state index in [0.717, 1.165) is 12.1 Å². The van der Waals surface area contributed by atoms with Crippen LogP contribution in [0.15, 0.2) is 24.3 Å². The second-order valence-electron chi connectivity index (χ2n) is 4.33. The molecule has 0 fully saturated rings. The zero-order valence-corrected chi connectivity index (χ0v) is 10.5. The first kappa shape index (κ1) is 15.3. The molecule has 19 heavy (non-hydrogen) atoms. The molecule has 0 bridgehead atoms. The van der Waals surface area contributed by atoms with Crippen LogP contribution < -0.4 is 15.8 Å². The summed E-state index contributed by atoms with van der Waals surface area (Å²) in [5, 5.41) is 2.44. The smallest absolute Gasteiger partial charge is 0.406 e. The molecule has 7 heteroatoms. The van der Waals surface area contributed by atoms with Gasteiger partial charge in [0.1, 0.15) is 5.75 Å². The minimum absolute atomic E-state index is 0.0744. The van der Waals surface area contributed by atoms with Crippen LogP contribution in [0.25, 0.3) is 0 Å². The van der Waals surface area contributed by atoms with Crippen LogP contribution in [0.2, 0.25) is 0 Å². The van der Waals surface area contributed by atoms with Gasteiger partial charge in [0, 0.05) is 11.8 Å². The van der Waals surface area contributed by atoms with Crippen LogP contribution in [0, 0.1) is 5.92 Å². The van der Waals surface area contributed by atoms with Crippen molar-refractivity contribution >= 4 is 11.6 Å². The summed E-state index contributed by atoms with van der Waals surface area (Å²) < 4.78 is 39.9. The van der Waals surface area contributed by atoms with E-state index >= 15 is 0 Å². The summed E-state index contributed by atoms with van der Waals surface area (Å²) in [5.74, 6) is -0.933. The van der Waals surface area contributed by atoms with Crippen LogP contribution in [-0.2, 0) is 4.79 Å². The van der Waals surface area contributed by atoms with Crippen LogP contribution in [0.4, 0.5) is 18.9 Å². The molecular formula is C12H15F3N2O2. The third-order valence-corrected chi connectivity index (χ3v) is 2.36. The Labute approximate surface area is 108 Å². The molecule has 0 saturated carbocycles. The largest absolute Gasteiger partial charge is 0.573 e. The monoisotopic (exact) mass is 276 g/mol. The Hall–Kier alpha value is -1.76. The van der Waals surface area contributed by atoms with E-state index in [-0.39, 0.29) is 11.6 Å². The lowest BCUT2D eigenvalue weighted by Crippen LogP contribution is -2.39. The van der Waals surface area contributed by atoms with Gasteiger partial charge in [0.25, 0.3) is 0 Å². The van der Waals surface area contributed by atoms with Gasteiger partial charge in [0.15, 0.2) is 0 Å². The number of halogens is 3. The van der Waals surface area contributed by atoms with Crippen molar-refractivity contribution in [3.05, 3.63) is 24.3 Å². The summed E-state index contributed by atoms with van der Waals surface area (Å²) in [7, 11) is 0. The maximum Gasteiger partial charge on any atom is 0.573 e. The predicted octanol–water partition coefficient (Wildman–Crippen LogP) is 2.51. The van der Waals surface area contributed by atoms with Gasteiger partial charge in [0.2, 0.25) is 5.91 Å². The molecule has 0 radical (unpaired) electrons. The van der Waals surface area contributed by atoms with Crippen LogP contribution in [0.5, 0.6) is 5.75 Å². The van der Waals surface area contributed by atoms with E-state index in [4.69, 9.17) is 5.73 Å². The van der Waals surface area contributed by atoms with Gasteiger partial charge in [0.05, 0.1) is 6.04 Å². The summed E-state index contributed by atoms with van der Waals surface area (Å²) in [6.07, 6.45) is -4.77. The van der Waals surface area contributed by atoms with E-state index in [1.54, 1.807) is 13.8 Å². The highest BCUT2D eigenvalue weighted by Gasteiger charge is 2.31. The zero-order valence-electron chi connectivity index (χ0n) is 10.5. The molecule has 106 valence electrons. The third kappa shape index (κ3) is 5.17. The second kappa shape index (κ2) is 5.92. The Balaban J connectivity index is 2.75. The number of benzene rings is 1. The van der Waals surface area contributed by atoms with Gasteiger partial charge in [-0.1, -0.05) is 19.9 Å². The Kier molecular flexibility index (Phi) is 4.77. The maximum atomic E-state index is 12.0. The van der Waals surface area contributed by atoms with Gasteiger partial charge in [-0.2, -0.15) is 0 Å². The molecule has 1 atom stereocenters. The zero-order chi connectivity index (χ0) is 14.6. The average molecular weight is 276 g/mol. The molecule has 0 spiro atoms. The predicted molar refractivity (Wildman–Crippen MR) is 64.6 cm³/mol. The number of alkyl halides is 3. The minimum Gasteiger partial charge on any atom is -0.406 e. The molecule has 0 aliphatic carbocycles. The van der Waals surface area contributed by atoms with Gasteiger partial charge < -0.3 is 15.8 Å². The summed E-state index contributed by atoms with van der Waals surface area (Å²) >= 11 is 0. The Morgan fingerprint density at radius 2 is 2.00 bits per heavy atom. The normalized spacial score (nSPS) is 13.2. The van der Waals surface area contributed by atoms with Crippen LogP contribution >= 0.6 is 0 Å². The number of hydrogen-bond donors (Lipinski definition) is 2. The van der Waals surface area contributed by atoms with E-state index in [2.05, 4.69) is 10.1 Å². The Morgan fingerprint density at radius 3 is 2.53 bits per heavy atom. The summed E-state index contributed by atoms with van der Waals surface area (Å²) in [5.41, 5.74) is 5.82. The molecule has 1 aromatic carbocycles. The number of ether oxygens (including phenoxy) is 1. The molecule has 0 saturated heterocycles. The molecule has 0 aliphatic rings. The van der Waals surface area contributed by atoms with E-state index < -0.39 is 24.1 Å². The van der Waals surface area contributed by atoms with Gasteiger partial charge in [-0.3, -0.25) is 4.79 Å². The van der Waals surface area contributed by atoms with Crippen molar-refractivity contribution in [3.63, 3.8) is 0 Å². The summed E-state index contributed by atoms with van der Waals surface area (Å²) in [6.45, 7) is 3.54. The average Bonchev–Trinajstić information content (AvgIpc) is 2.25. The number of hydrogen-bond acceptors (Lipinski definition) is 3. The lowest BCUT2D eigenvalue weighted by molar-refractivity contribution is -0.274. The van der Waals surface area contributed by atoms with Crippen LogP contribution in [-0.4, -0.2) is 18.3 Å². The Bertz CT molecular complexity index is 447. The SMILES string of the molecule is CC(C)[C@@H](N)C(=O)Nc1cccc(OC(F)(F)F)c1. The lowest BCUT2D eigenvalue weighted by Gasteiger charge is -2.16. The molecule has 0 heterocycles. The number of anilines is 1. The fourth-order valence-corrected chi connectivity index (χ4v) is 1.30. The van der Waals surface area contributed by atoms with Crippen molar-refractivity contribution in [3.8, 4) is 5.75 Å². The van der Waals surface area contributed by atoms with Crippen LogP contribution in [0.1, 0.15) is 13.8 Å². The highest BCUT2D eigenvalue weighted by atomic mass is 19.4. The highest BCUT2D eigenvalue weighted by Crippen LogP contribution is 2.25. The topological polar surface area (TPSA) is 64.4 Å². The number of carbonyl (C=O) groups excluding carboxylic acids is 1. The molecular weight excluding hydrogens is 261 g/mol. The molecule has 4 nitrogen and oxygen atoms in total. The van der Waals surface area contributed by atoms with Gasteiger partial charge in [-0.25, -0.2) is 0 Å². The van der Waals surface area contributed by atoms with Crippen molar-refractivity contribution in [2.45, 2.75) is 26.3 Å². The minimum atomic E-state index is -4.77. The van der Waals surface area contributed by atoms with Gasteiger partial charge in [-0.15, -0.1) is 13.2 Å². The lowest BCUT2D eigenvalue weighted by atomic mass is 10.0. The standard InChI is InChI=1S/C12H15F3N2O2/c1-7(2)10(16)11(18)17-8-4-3-5-9(6-8)19-12(13,14)15/h3-7,10H,16H2,1-2H3,(H,17,18)/t10-/m1/s1. The quantitative estimate of drug-likeness (QED) is 0.888. The maximum absolute atomic E-state index is 12.0. The second-order valence-corrected chi connectivity index (χ2v) is 4.33. The van der Waals surface area contributed by atoms with Crippen molar-refractivity contribution in [2.24, 2.45) is 11.7 Å². The summed E-state index contributed by atoms with van der Waals surface area (Å²) in [6, 6.07) is 4.29. The molecule has 1 rings (SSSR count). The molecule has 1 amide bonds. The van der Waals surface area contributed by atoms with E-state index in [9.17, 15) is 18.0 Å². The number of nitrogens with two attached hydrogens (primary N) is 1. The number of rotatable bonds is 4. The molecule has 0 aliphatic heterocycles. The van der Waals surface area contributed by atoms with E-state index in [0.29, 0.717) is 0 Å². The summed E-state index contributed by atoms with van der Waals surface area (Å²) in [4.78, 5) is 11.7. The fraction of sp³-hybridized carbons (Fsp3) is 0.417. The Morgan fingerprint density at radius 1 is 1.37 bits per heavy atom. The molecule has 0 aromatic heterocycles. The van der Waals surface area contributed by atoms with Crippen molar-refractivity contribution in [2.75, 3.05) is 5.32 Å². The molecule has 1 aromatic rings. The first-order valence-corrected chi connectivity index (χ1v) is 5.61. The van der Waals surface area contributed by atoms with Crippen molar-refractivity contribution < 1.29 is 22.7 Å². The van der Waals surface area contributed by atoms with Crippen molar-refractivity contribution in [1.29, 1.82) is 0 Å².